The normalized spacial score (nSPS) is 10.9. The molecule has 0 aliphatic heterocycles. The Labute approximate surface area is 154 Å². The lowest BCUT2D eigenvalue weighted by atomic mass is 10.0. The Kier molecular flexibility index (Phi) is 6.95. The van der Waals surface area contributed by atoms with Crippen molar-refractivity contribution in [1.29, 1.82) is 0 Å². The zero-order valence-electron chi connectivity index (χ0n) is 15.7. The maximum atomic E-state index is 12.6. The SMILES string of the molecule is Cc1ccc(-n2ncc(C(=O)NCCCCCC(=O)O)c2C(C)C)cc1. The van der Waals surface area contributed by atoms with Crippen LogP contribution in [0.2, 0.25) is 0 Å². The number of rotatable bonds is 9. The number of carboxylic acid groups (broad SMARTS) is 1. The maximum Gasteiger partial charge on any atom is 0.303 e. The fourth-order valence-electron chi connectivity index (χ4n) is 2.86. The molecule has 1 heterocycles. The minimum Gasteiger partial charge on any atom is -0.481 e. The van der Waals surface area contributed by atoms with Gasteiger partial charge in [-0.25, -0.2) is 4.68 Å². The molecule has 26 heavy (non-hydrogen) atoms. The van der Waals surface area contributed by atoms with Gasteiger partial charge in [0.05, 0.1) is 23.1 Å². The average molecular weight is 357 g/mol. The number of unbranched alkanes of at least 4 members (excludes halogenated alkanes) is 2. The number of carboxylic acids is 1. The summed E-state index contributed by atoms with van der Waals surface area (Å²) in [4.78, 5) is 23.0. The number of aromatic nitrogens is 2. The molecule has 140 valence electrons. The Morgan fingerprint density at radius 1 is 1.15 bits per heavy atom. The van der Waals surface area contributed by atoms with Gasteiger partial charge in [0.25, 0.3) is 5.91 Å². The van der Waals surface area contributed by atoms with Crippen LogP contribution in [-0.4, -0.2) is 33.3 Å². The van der Waals surface area contributed by atoms with Crippen molar-refractivity contribution in [2.45, 2.75) is 52.4 Å². The van der Waals surface area contributed by atoms with E-state index >= 15 is 0 Å². The second-order valence-corrected chi connectivity index (χ2v) is 6.81. The van der Waals surface area contributed by atoms with Gasteiger partial charge in [0.2, 0.25) is 0 Å². The van der Waals surface area contributed by atoms with Crippen molar-refractivity contribution in [1.82, 2.24) is 15.1 Å². The van der Waals surface area contributed by atoms with Crippen LogP contribution in [0.5, 0.6) is 0 Å². The van der Waals surface area contributed by atoms with Gasteiger partial charge >= 0.3 is 5.97 Å². The van der Waals surface area contributed by atoms with Gasteiger partial charge in [-0.15, -0.1) is 0 Å². The molecule has 0 atom stereocenters. The van der Waals surface area contributed by atoms with Crippen LogP contribution < -0.4 is 5.32 Å². The van der Waals surface area contributed by atoms with E-state index in [4.69, 9.17) is 5.11 Å². The Bertz CT molecular complexity index is 748. The molecule has 0 bridgehead atoms. The van der Waals surface area contributed by atoms with E-state index < -0.39 is 5.97 Å². The summed E-state index contributed by atoms with van der Waals surface area (Å²) in [6, 6.07) is 8.05. The number of nitrogens with one attached hydrogen (secondary N) is 1. The molecule has 2 rings (SSSR count). The first-order chi connectivity index (χ1) is 12.4. The summed E-state index contributed by atoms with van der Waals surface area (Å²) in [7, 11) is 0. The van der Waals surface area contributed by atoms with E-state index in [1.54, 1.807) is 6.20 Å². The number of aryl methyl sites for hydroxylation is 1. The first kappa shape index (κ1) is 19.7. The van der Waals surface area contributed by atoms with Crippen molar-refractivity contribution < 1.29 is 14.7 Å². The first-order valence-corrected chi connectivity index (χ1v) is 9.05. The Morgan fingerprint density at radius 3 is 2.46 bits per heavy atom. The number of carbonyl (C=O) groups is 2. The third-order valence-corrected chi connectivity index (χ3v) is 4.23. The molecule has 0 aliphatic carbocycles. The van der Waals surface area contributed by atoms with E-state index in [1.807, 2.05) is 49.7 Å². The lowest BCUT2D eigenvalue weighted by molar-refractivity contribution is -0.137. The second-order valence-electron chi connectivity index (χ2n) is 6.81. The van der Waals surface area contributed by atoms with Crippen LogP contribution in [0.1, 0.15) is 67.1 Å². The molecule has 1 aromatic heterocycles. The minimum atomic E-state index is -0.779. The van der Waals surface area contributed by atoms with Crippen molar-refractivity contribution in [2.24, 2.45) is 0 Å². The number of carbonyl (C=O) groups excluding carboxylic acids is 1. The molecule has 2 aromatic rings. The van der Waals surface area contributed by atoms with E-state index in [0.29, 0.717) is 18.5 Å². The summed E-state index contributed by atoms with van der Waals surface area (Å²) >= 11 is 0. The summed E-state index contributed by atoms with van der Waals surface area (Å²) < 4.78 is 1.83. The number of nitrogens with zero attached hydrogens (tertiary/aromatic N) is 2. The third-order valence-electron chi connectivity index (χ3n) is 4.23. The van der Waals surface area contributed by atoms with Gasteiger partial charge in [-0.2, -0.15) is 5.10 Å². The molecule has 0 unspecified atom stereocenters. The molecular formula is C20H27N3O3. The molecule has 6 heteroatoms. The van der Waals surface area contributed by atoms with Gasteiger partial charge in [0, 0.05) is 13.0 Å². The molecule has 1 aromatic carbocycles. The van der Waals surface area contributed by atoms with Crippen LogP contribution in [0.3, 0.4) is 0 Å². The lowest BCUT2D eigenvalue weighted by Gasteiger charge is -2.13. The first-order valence-electron chi connectivity index (χ1n) is 9.05. The zero-order chi connectivity index (χ0) is 19.1. The Balaban J connectivity index is 2.03. The van der Waals surface area contributed by atoms with Crippen LogP contribution in [0.4, 0.5) is 0 Å². The van der Waals surface area contributed by atoms with E-state index in [1.165, 1.54) is 5.56 Å². The molecule has 0 aliphatic rings. The molecule has 0 saturated heterocycles. The summed E-state index contributed by atoms with van der Waals surface area (Å²) in [5.74, 6) is -0.764. The predicted molar refractivity (Wildman–Crippen MR) is 101 cm³/mol. The Hall–Kier alpha value is -2.63. The molecule has 1 amide bonds. The summed E-state index contributed by atoms with van der Waals surface area (Å²) in [6.45, 7) is 6.66. The Morgan fingerprint density at radius 2 is 1.85 bits per heavy atom. The fourth-order valence-corrected chi connectivity index (χ4v) is 2.86. The van der Waals surface area contributed by atoms with Gasteiger partial charge in [-0.3, -0.25) is 9.59 Å². The predicted octanol–water partition coefficient (Wildman–Crippen LogP) is 3.68. The van der Waals surface area contributed by atoms with Crippen LogP contribution in [0.25, 0.3) is 5.69 Å². The van der Waals surface area contributed by atoms with Crippen molar-refractivity contribution in [2.75, 3.05) is 6.54 Å². The fraction of sp³-hybridized carbons (Fsp3) is 0.450. The molecule has 0 radical (unpaired) electrons. The van der Waals surface area contributed by atoms with E-state index in [0.717, 1.165) is 24.2 Å². The van der Waals surface area contributed by atoms with Crippen LogP contribution in [0.15, 0.2) is 30.5 Å². The smallest absolute Gasteiger partial charge is 0.303 e. The van der Waals surface area contributed by atoms with Crippen LogP contribution in [0, 0.1) is 6.92 Å². The summed E-state index contributed by atoms with van der Waals surface area (Å²) in [5.41, 5.74) is 3.59. The number of amides is 1. The molecule has 6 nitrogen and oxygen atoms in total. The highest BCUT2D eigenvalue weighted by Gasteiger charge is 2.20. The maximum absolute atomic E-state index is 12.6. The summed E-state index contributed by atoms with van der Waals surface area (Å²) in [5, 5.41) is 16.0. The van der Waals surface area contributed by atoms with Crippen molar-refractivity contribution >= 4 is 11.9 Å². The van der Waals surface area contributed by atoms with Crippen molar-refractivity contribution in [3.05, 3.63) is 47.3 Å². The highest BCUT2D eigenvalue weighted by Crippen LogP contribution is 2.23. The molecular weight excluding hydrogens is 330 g/mol. The van der Waals surface area contributed by atoms with Gasteiger partial charge in [-0.05, 0) is 37.8 Å². The zero-order valence-corrected chi connectivity index (χ0v) is 15.7. The van der Waals surface area contributed by atoms with Gasteiger partial charge in [0.1, 0.15) is 0 Å². The molecule has 0 spiro atoms. The number of hydrogen-bond donors (Lipinski definition) is 2. The lowest BCUT2D eigenvalue weighted by Crippen LogP contribution is -2.25. The molecule has 0 saturated carbocycles. The highest BCUT2D eigenvalue weighted by molar-refractivity contribution is 5.95. The topological polar surface area (TPSA) is 84.2 Å². The average Bonchev–Trinajstić information content (AvgIpc) is 3.03. The van der Waals surface area contributed by atoms with Crippen LogP contribution >= 0.6 is 0 Å². The van der Waals surface area contributed by atoms with E-state index in [-0.39, 0.29) is 18.2 Å². The van der Waals surface area contributed by atoms with Crippen molar-refractivity contribution in [3.63, 3.8) is 0 Å². The third kappa shape index (κ3) is 5.18. The van der Waals surface area contributed by atoms with Gasteiger partial charge < -0.3 is 10.4 Å². The second kappa shape index (κ2) is 9.17. The number of benzene rings is 1. The monoisotopic (exact) mass is 357 g/mol. The number of hydrogen-bond acceptors (Lipinski definition) is 3. The van der Waals surface area contributed by atoms with E-state index in [9.17, 15) is 9.59 Å². The van der Waals surface area contributed by atoms with Gasteiger partial charge in [-0.1, -0.05) is 38.0 Å². The van der Waals surface area contributed by atoms with Gasteiger partial charge in [0.15, 0.2) is 0 Å². The quantitative estimate of drug-likeness (QED) is 0.671. The standard InChI is InChI=1S/C20H27N3O3/c1-14(2)19-17(20(26)21-12-6-4-5-7-18(24)25)13-22-23(19)16-10-8-15(3)9-11-16/h8-11,13-14H,4-7,12H2,1-3H3,(H,21,26)(H,24,25). The minimum absolute atomic E-state index is 0.134. The molecule has 0 fully saturated rings. The van der Waals surface area contributed by atoms with Crippen molar-refractivity contribution in [3.8, 4) is 5.69 Å². The molecule has 2 N–H and O–H groups in total. The van der Waals surface area contributed by atoms with Crippen LogP contribution in [-0.2, 0) is 4.79 Å². The highest BCUT2D eigenvalue weighted by atomic mass is 16.4. The van der Waals surface area contributed by atoms with E-state index in [2.05, 4.69) is 10.4 Å². The number of aliphatic carboxylic acids is 1. The summed E-state index contributed by atoms with van der Waals surface area (Å²) in [6.07, 6.45) is 3.98. The largest absolute Gasteiger partial charge is 0.481 e.